The minimum absolute atomic E-state index is 0. The Labute approximate surface area is 207 Å². The topological polar surface area (TPSA) is 132 Å². The number of ether oxygens (including phenoxy) is 1. The minimum Gasteiger partial charge on any atom is -0.870 e. The van der Waals surface area contributed by atoms with Crippen molar-refractivity contribution in [2.24, 2.45) is 0 Å². The number of hydrogen-bond acceptors (Lipinski definition) is 6. The molecule has 0 bridgehead atoms. The number of carbonyl (C=O) groups is 1. The molecule has 0 aliphatic carbocycles. The second-order valence-electron chi connectivity index (χ2n) is 9.75. The van der Waals surface area contributed by atoms with Gasteiger partial charge in [0.15, 0.2) is 6.29 Å². The summed E-state index contributed by atoms with van der Waals surface area (Å²) in [4.78, 5) is 21.4. The number of carboxylic acids is 1. The van der Waals surface area contributed by atoms with Crippen molar-refractivity contribution in [1.29, 1.82) is 0 Å². The van der Waals surface area contributed by atoms with Gasteiger partial charge in [-0.3, -0.25) is 13.8 Å². The van der Waals surface area contributed by atoms with Crippen LogP contribution in [0.2, 0.25) is 0 Å². The van der Waals surface area contributed by atoms with E-state index in [2.05, 4.69) is 13.5 Å². The van der Waals surface area contributed by atoms with E-state index in [1.807, 2.05) is 21.1 Å². The third-order valence-electron chi connectivity index (χ3n) is 5.13. The zero-order valence-corrected chi connectivity index (χ0v) is 22.7. The van der Waals surface area contributed by atoms with Crippen LogP contribution in [-0.2, 0) is 23.1 Å². The highest BCUT2D eigenvalue weighted by atomic mass is 31.2. The highest BCUT2D eigenvalue weighted by Gasteiger charge is 2.34. The van der Waals surface area contributed by atoms with E-state index in [1.54, 1.807) is 6.08 Å². The fraction of sp³-hybridized carbons (Fsp3) is 0.875. The zero-order valence-electron chi connectivity index (χ0n) is 21.8. The van der Waals surface area contributed by atoms with Crippen LogP contribution in [0.3, 0.4) is 0 Å². The molecule has 9 nitrogen and oxygen atoms in total. The molecule has 0 aromatic carbocycles. The number of likely N-dealkylation sites (N-methyl/N-ethyl adjacent to an activating group) is 1. The number of phosphoric ester groups is 1. The van der Waals surface area contributed by atoms with Crippen molar-refractivity contribution in [3.05, 3.63) is 12.7 Å². The Hall–Kier alpha value is -0.800. The van der Waals surface area contributed by atoms with E-state index in [0.29, 0.717) is 10.9 Å². The molecular formula is C24H50NO8P. The summed E-state index contributed by atoms with van der Waals surface area (Å²) in [5.41, 5.74) is 0. The number of aliphatic carboxylic acids is 1. The molecule has 204 valence electrons. The van der Waals surface area contributed by atoms with Crippen LogP contribution < -0.4 is 0 Å². The molecule has 0 aliphatic rings. The monoisotopic (exact) mass is 511 g/mol. The molecule has 0 fully saturated rings. The molecule has 0 saturated carbocycles. The molecule has 0 aliphatic heterocycles. The molecule has 0 aromatic rings. The molecule has 0 spiro atoms. The Morgan fingerprint density at radius 2 is 1.47 bits per heavy atom. The van der Waals surface area contributed by atoms with Gasteiger partial charge in [-0.2, -0.15) is 0 Å². The molecule has 0 aromatic heterocycles. The van der Waals surface area contributed by atoms with Gasteiger partial charge in [-0.15, -0.1) is 6.58 Å². The Balaban J connectivity index is 0. The lowest BCUT2D eigenvalue weighted by atomic mass is 10.1. The van der Waals surface area contributed by atoms with Crippen LogP contribution in [0, 0.1) is 0 Å². The van der Waals surface area contributed by atoms with Crippen LogP contribution in [-0.4, -0.2) is 72.6 Å². The fourth-order valence-corrected chi connectivity index (χ4v) is 4.65. The van der Waals surface area contributed by atoms with E-state index in [9.17, 15) is 14.3 Å². The van der Waals surface area contributed by atoms with E-state index < -0.39 is 26.2 Å². The second-order valence-corrected chi connectivity index (χ2v) is 11.1. The molecule has 3 unspecified atom stereocenters. The van der Waals surface area contributed by atoms with Gasteiger partial charge in [0.05, 0.1) is 34.2 Å². The Morgan fingerprint density at radius 1 is 0.971 bits per heavy atom. The molecule has 0 saturated heterocycles. The van der Waals surface area contributed by atoms with Crippen molar-refractivity contribution in [2.75, 3.05) is 34.3 Å². The largest absolute Gasteiger partial charge is 0.870 e. The summed E-state index contributed by atoms with van der Waals surface area (Å²) >= 11 is 0. The average molecular weight is 512 g/mol. The van der Waals surface area contributed by atoms with Gasteiger partial charge in [-0.1, -0.05) is 77.2 Å². The molecule has 34 heavy (non-hydrogen) atoms. The quantitative estimate of drug-likeness (QED) is 0.0585. The van der Waals surface area contributed by atoms with Crippen LogP contribution in [0.15, 0.2) is 12.7 Å². The van der Waals surface area contributed by atoms with Crippen molar-refractivity contribution < 1.29 is 43.1 Å². The molecule has 3 atom stereocenters. The van der Waals surface area contributed by atoms with Crippen molar-refractivity contribution in [2.45, 2.75) is 103 Å². The van der Waals surface area contributed by atoms with Gasteiger partial charge >= 0.3 is 13.8 Å². The van der Waals surface area contributed by atoms with E-state index in [-0.39, 0.29) is 25.0 Å². The normalized spacial score (nSPS) is 15.2. The lowest BCUT2D eigenvalue weighted by Gasteiger charge is -2.30. The average Bonchev–Trinajstić information content (AvgIpc) is 2.67. The number of unbranched alkanes of at least 4 members (excludes halogenated alkanes) is 10. The predicted octanol–water partition coefficient (Wildman–Crippen LogP) is 5.72. The van der Waals surface area contributed by atoms with Gasteiger partial charge in [-0.25, -0.2) is 4.57 Å². The smallest absolute Gasteiger partial charge is 0.475 e. The Kier molecular flexibility index (Phi) is 21.2. The first kappa shape index (κ1) is 35.4. The van der Waals surface area contributed by atoms with Crippen molar-refractivity contribution in [3.63, 3.8) is 0 Å². The van der Waals surface area contributed by atoms with E-state index >= 15 is 0 Å². The molecular weight excluding hydrogens is 461 g/mol. The highest BCUT2D eigenvalue weighted by Crippen LogP contribution is 2.47. The van der Waals surface area contributed by atoms with Gasteiger partial charge in [-0.05, 0) is 12.8 Å². The van der Waals surface area contributed by atoms with Gasteiger partial charge in [0.2, 0.25) is 0 Å². The maximum atomic E-state index is 12.6. The van der Waals surface area contributed by atoms with Crippen molar-refractivity contribution >= 4 is 13.8 Å². The SMILES string of the molecule is C=CCOC(CCCCCCCCCCCCC)OP(=O)(O)OC(CC(=O)O)C[N+](C)(C)C.[OH-]. The van der Waals surface area contributed by atoms with Gasteiger partial charge in [0.1, 0.15) is 12.6 Å². The maximum Gasteiger partial charge on any atom is 0.475 e. The number of rotatable bonds is 23. The number of nitrogens with zero attached hydrogens (tertiary/aromatic N) is 1. The summed E-state index contributed by atoms with van der Waals surface area (Å²) in [6.07, 6.45) is 13.0. The van der Waals surface area contributed by atoms with Crippen LogP contribution in [0.25, 0.3) is 0 Å². The van der Waals surface area contributed by atoms with Crippen molar-refractivity contribution in [3.8, 4) is 0 Å². The molecule has 10 heteroatoms. The first-order chi connectivity index (χ1) is 15.5. The number of phosphoric acid groups is 1. The van der Waals surface area contributed by atoms with Crippen LogP contribution >= 0.6 is 7.82 Å². The van der Waals surface area contributed by atoms with Crippen LogP contribution in [0.1, 0.15) is 90.4 Å². The lowest BCUT2D eigenvalue weighted by molar-refractivity contribution is -0.873. The van der Waals surface area contributed by atoms with Gasteiger partial charge in [0, 0.05) is 0 Å². The number of carboxylic acid groups (broad SMARTS) is 1. The highest BCUT2D eigenvalue weighted by molar-refractivity contribution is 7.47. The molecule has 0 amide bonds. The summed E-state index contributed by atoms with van der Waals surface area (Å²) in [6.45, 7) is 6.26. The number of hydrogen-bond donors (Lipinski definition) is 2. The third kappa shape index (κ3) is 23.0. The molecule has 0 radical (unpaired) electrons. The van der Waals surface area contributed by atoms with Gasteiger partial charge < -0.3 is 24.7 Å². The van der Waals surface area contributed by atoms with Crippen molar-refractivity contribution in [1.82, 2.24) is 0 Å². The minimum atomic E-state index is -4.50. The summed E-state index contributed by atoms with van der Waals surface area (Å²) in [6, 6.07) is 0. The predicted molar refractivity (Wildman–Crippen MR) is 134 cm³/mol. The molecule has 0 heterocycles. The fourth-order valence-electron chi connectivity index (χ4n) is 3.62. The van der Waals surface area contributed by atoms with Crippen LogP contribution in [0.5, 0.6) is 0 Å². The zero-order chi connectivity index (χ0) is 25.2. The first-order valence-corrected chi connectivity index (χ1v) is 13.9. The van der Waals surface area contributed by atoms with Gasteiger partial charge in [0.25, 0.3) is 0 Å². The summed E-state index contributed by atoms with van der Waals surface area (Å²) < 4.78 is 29.0. The molecule has 3 N–H and O–H groups in total. The lowest BCUT2D eigenvalue weighted by Crippen LogP contribution is -2.43. The summed E-state index contributed by atoms with van der Waals surface area (Å²) in [5.74, 6) is -1.10. The standard InChI is InChI=1S/C24H48NO7P.H2O/c1-6-8-9-10-11-12-13-14-15-16-17-18-24(30-19-7-2)32-33(28,29)31-22(20-23(26)27)21-25(3,4)5;/h7,22,24H,2,6,8-21H2,1,3-5H3,(H-,26,27,28,29);1H2. The first-order valence-electron chi connectivity index (χ1n) is 12.4. The Bertz CT molecular complexity index is 568. The maximum absolute atomic E-state index is 12.6. The second kappa shape index (κ2) is 20.4. The third-order valence-corrected chi connectivity index (χ3v) is 6.20. The van der Waals surface area contributed by atoms with Crippen LogP contribution in [0.4, 0.5) is 0 Å². The molecule has 0 rings (SSSR count). The van der Waals surface area contributed by atoms with E-state index in [1.165, 1.54) is 51.4 Å². The summed E-state index contributed by atoms with van der Waals surface area (Å²) in [5, 5.41) is 9.11. The number of quaternary nitrogens is 1. The summed E-state index contributed by atoms with van der Waals surface area (Å²) in [7, 11) is 1.05. The van der Waals surface area contributed by atoms with E-state index in [4.69, 9.17) is 18.9 Å². The van der Waals surface area contributed by atoms with E-state index in [0.717, 1.165) is 19.3 Å². The Morgan fingerprint density at radius 3 is 1.91 bits per heavy atom.